The Morgan fingerprint density at radius 1 is 1.15 bits per heavy atom. The Morgan fingerprint density at radius 3 is 2.61 bits per heavy atom. The molecule has 2 aliphatic heterocycles. The fraction of sp³-hybridized carbons (Fsp3) is 0.250. The quantitative estimate of drug-likeness (QED) is 0.516. The maximum atomic E-state index is 13.1. The van der Waals surface area contributed by atoms with Crippen LogP contribution in [-0.2, 0) is 18.0 Å². The largest absolute Gasteiger partial charge is 0.491 e. The Morgan fingerprint density at radius 2 is 1.88 bits per heavy atom. The van der Waals surface area contributed by atoms with Crippen LogP contribution in [0.5, 0.6) is 5.75 Å². The molecule has 0 unspecified atom stereocenters. The van der Waals surface area contributed by atoms with E-state index in [2.05, 4.69) is 9.97 Å². The molecule has 0 bridgehead atoms. The summed E-state index contributed by atoms with van der Waals surface area (Å²) in [5, 5.41) is 0.659. The number of nitrogen functional groups attached to an aromatic ring is 1. The van der Waals surface area contributed by atoms with Crippen molar-refractivity contribution in [1.82, 2.24) is 14.9 Å². The summed E-state index contributed by atoms with van der Waals surface area (Å²) in [5.41, 5.74) is 8.27. The second-order valence-electron chi connectivity index (χ2n) is 7.95. The number of ether oxygens (including phenoxy) is 2. The second-order valence-corrected chi connectivity index (χ2v) is 10.4. The number of halogens is 5. The zero-order valence-electron chi connectivity index (χ0n) is 17.0. The lowest BCUT2D eigenvalue weighted by molar-refractivity contribution is 0.0703. The van der Waals surface area contributed by atoms with Crippen LogP contribution < -0.4 is 10.5 Å². The van der Waals surface area contributed by atoms with Gasteiger partial charge in [-0.2, -0.15) is 0 Å². The average Bonchev–Trinajstić information content (AvgIpc) is 3.38. The van der Waals surface area contributed by atoms with Crippen molar-refractivity contribution in [1.29, 1.82) is 0 Å². The van der Waals surface area contributed by atoms with E-state index >= 15 is 0 Å². The van der Waals surface area contributed by atoms with Crippen LogP contribution in [0.1, 0.15) is 33.2 Å². The number of carbonyl (C=O) groups is 1. The Kier molecular flexibility index (Phi) is 4.09. The lowest BCUT2D eigenvalue weighted by atomic mass is 10.0. The summed E-state index contributed by atoms with van der Waals surface area (Å²) in [6, 6.07) is 2.28. The van der Waals surface area contributed by atoms with E-state index in [1.165, 1.54) is 18.1 Å². The first-order valence-corrected chi connectivity index (χ1v) is 11.6. The van der Waals surface area contributed by atoms with E-state index in [0.29, 0.717) is 36.0 Å². The van der Waals surface area contributed by atoms with Crippen molar-refractivity contribution in [2.75, 3.05) is 19.4 Å². The first-order chi connectivity index (χ1) is 15.2. The third kappa shape index (κ3) is 3.60. The predicted molar refractivity (Wildman–Crippen MR) is 111 cm³/mol. The fourth-order valence-corrected chi connectivity index (χ4v) is 4.70. The number of rotatable bonds is 3. The zero-order valence-corrected chi connectivity index (χ0v) is 17.8. The van der Waals surface area contributed by atoms with Crippen molar-refractivity contribution >= 4 is 32.9 Å². The van der Waals surface area contributed by atoms with Gasteiger partial charge in [0.1, 0.15) is 28.8 Å². The van der Waals surface area contributed by atoms with E-state index in [9.17, 15) is 24.2 Å². The van der Waals surface area contributed by atoms with Crippen LogP contribution in [-0.4, -0.2) is 34.4 Å². The summed E-state index contributed by atoms with van der Waals surface area (Å²) >= 11 is 0. The summed E-state index contributed by atoms with van der Waals surface area (Å²) in [6.07, 6.45) is 1.41. The molecule has 1 amide bonds. The highest BCUT2D eigenvalue weighted by Crippen LogP contribution is 3.02. The number of carbonyl (C=O) groups excluding carboxylic acids is 1. The van der Waals surface area contributed by atoms with Crippen LogP contribution in [0.3, 0.4) is 0 Å². The molecule has 0 radical (unpaired) electrons. The summed E-state index contributed by atoms with van der Waals surface area (Å²) in [7, 11) is -8.41. The number of nitrogens with zero attached hydrogens (tertiary/aromatic N) is 3. The predicted octanol–water partition coefficient (Wildman–Crippen LogP) is 5.11. The van der Waals surface area contributed by atoms with Crippen LogP contribution in [0.25, 0.3) is 10.9 Å². The molecule has 1 aromatic carbocycles. The number of aromatic nitrogens is 2. The molecule has 7 nitrogen and oxygen atoms in total. The number of fused-ring (bicyclic) bond motifs is 4. The molecular formula is C20H17F5N4O3S. The van der Waals surface area contributed by atoms with Crippen molar-refractivity contribution < 1.29 is 33.7 Å². The number of anilines is 1. The minimum absolute atomic E-state index is 0.0720. The molecule has 2 N–H and O–H groups in total. The zero-order chi connectivity index (χ0) is 23.8. The topological polar surface area (TPSA) is 90.6 Å². The molecule has 0 saturated heterocycles. The van der Waals surface area contributed by atoms with Crippen molar-refractivity contribution in [3.05, 3.63) is 52.8 Å². The van der Waals surface area contributed by atoms with Crippen LogP contribution in [0, 0.1) is 0 Å². The Bertz CT molecular complexity index is 1350. The van der Waals surface area contributed by atoms with Gasteiger partial charge in [-0.3, -0.25) is 4.79 Å². The summed E-state index contributed by atoms with van der Waals surface area (Å²) in [6.45, 7) is 0.438. The monoisotopic (exact) mass is 488 g/mol. The maximum absolute atomic E-state index is 13.1. The molecule has 4 heterocycles. The smallest absolute Gasteiger partial charge is 0.310 e. The highest BCUT2D eigenvalue weighted by atomic mass is 32.5. The number of nitrogens with two attached hydrogens (primary N) is 1. The van der Waals surface area contributed by atoms with E-state index < -0.39 is 27.1 Å². The Balaban J connectivity index is 1.47. The number of hydrogen-bond acceptors (Lipinski definition) is 6. The highest BCUT2D eigenvalue weighted by Gasteiger charge is 2.65. The minimum Gasteiger partial charge on any atom is -0.491 e. The third-order valence-electron chi connectivity index (χ3n) is 5.81. The number of amides is 1. The molecule has 2 aromatic heterocycles. The normalized spacial score (nSPS) is 19.4. The second kappa shape index (κ2) is 6.23. The minimum atomic E-state index is -9.85. The number of hydrogen-bond donors (Lipinski definition) is 1. The van der Waals surface area contributed by atoms with Crippen LogP contribution in [0.2, 0.25) is 0 Å². The Hall–Kier alpha value is -3.19. The van der Waals surface area contributed by atoms with Crippen molar-refractivity contribution in [3.8, 4) is 5.75 Å². The van der Waals surface area contributed by atoms with E-state index in [1.54, 1.807) is 6.07 Å². The summed E-state index contributed by atoms with van der Waals surface area (Å²) in [5.74, 6) is -0.537. The molecule has 1 atom stereocenters. The van der Waals surface area contributed by atoms with Gasteiger partial charge in [0.05, 0.1) is 31.0 Å². The first kappa shape index (κ1) is 21.6. The first-order valence-electron chi connectivity index (χ1n) is 9.65. The molecule has 0 aliphatic carbocycles. The average molecular weight is 488 g/mol. The van der Waals surface area contributed by atoms with E-state index in [4.69, 9.17) is 15.2 Å². The highest BCUT2D eigenvalue weighted by molar-refractivity contribution is 8.45. The van der Waals surface area contributed by atoms with E-state index in [-0.39, 0.29) is 29.7 Å². The number of likely N-dealkylation sites (N-methyl/N-ethyl adjacent to an activating group) is 1. The van der Waals surface area contributed by atoms with Crippen molar-refractivity contribution in [2.24, 2.45) is 0 Å². The summed E-state index contributed by atoms with van der Waals surface area (Å²) in [4.78, 5) is 20.8. The van der Waals surface area contributed by atoms with Gasteiger partial charge in [-0.25, -0.2) is 9.97 Å². The van der Waals surface area contributed by atoms with Gasteiger partial charge in [0.25, 0.3) is 5.91 Å². The van der Waals surface area contributed by atoms with Gasteiger partial charge in [0.15, 0.2) is 0 Å². The molecule has 33 heavy (non-hydrogen) atoms. The van der Waals surface area contributed by atoms with Crippen molar-refractivity contribution in [3.63, 3.8) is 0 Å². The third-order valence-corrected chi connectivity index (χ3v) is 6.95. The SMILES string of the molecule is CN(C(=O)c1cc2c3c(c(N)nc2cn1)COC3)[C@@H]1COc2cc(S(F)(F)(F)(F)F)ccc21. The molecule has 176 valence electrons. The van der Waals surface area contributed by atoms with Gasteiger partial charge in [-0.15, -0.1) is 0 Å². The standard InChI is InChI=1S/C20H17F5N4O3S/c1-29(17-9-32-18-4-10(2-3-11(17)18)33(21,22,23,24)25)20(30)15-5-12-13-7-31-8-14(13)19(26)28-16(12)6-27-15/h2-6,17H,7-9H2,1H3,(H2,26,28)/t17-/m1/s1. The molecular weight excluding hydrogens is 471 g/mol. The van der Waals surface area contributed by atoms with Gasteiger partial charge in [-0.05, 0) is 17.7 Å². The fourth-order valence-electron chi connectivity index (χ4n) is 4.05. The van der Waals surface area contributed by atoms with Crippen LogP contribution >= 0.6 is 10.2 Å². The molecule has 0 saturated carbocycles. The van der Waals surface area contributed by atoms with Crippen molar-refractivity contribution in [2.45, 2.75) is 24.2 Å². The molecule has 13 heteroatoms. The molecule has 0 fully saturated rings. The Labute approximate surface area is 184 Å². The lowest BCUT2D eigenvalue weighted by Crippen LogP contribution is -2.32. The van der Waals surface area contributed by atoms with Gasteiger partial charge in [0.2, 0.25) is 0 Å². The van der Waals surface area contributed by atoms with Gasteiger partial charge >= 0.3 is 10.2 Å². The number of pyridine rings is 2. The van der Waals surface area contributed by atoms with E-state index in [1.807, 2.05) is 0 Å². The van der Waals surface area contributed by atoms with Gasteiger partial charge < -0.3 is 20.1 Å². The lowest BCUT2D eigenvalue weighted by Gasteiger charge is -2.40. The van der Waals surface area contributed by atoms with E-state index in [0.717, 1.165) is 17.2 Å². The maximum Gasteiger partial charge on any atom is 0.310 e. The summed E-state index contributed by atoms with van der Waals surface area (Å²) < 4.78 is 76.2. The molecule has 3 aromatic rings. The molecule has 2 aliphatic rings. The number of benzene rings is 1. The molecule has 0 spiro atoms. The molecule has 5 rings (SSSR count). The van der Waals surface area contributed by atoms with Gasteiger partial charge in [0, 0.05) is 29.6 Å². The van der Waals surface area contributed by atoms with Crippen LogP contribution in [0.15, 0.2) is 35.4 Å². The van der Waals surface area contributed by atoms with Crippen LogP contribution in [0.4, 0.5) is 25.2 Å². The van der Waals surface area contributed by atoms with Gasteiger partial charge in [-0.1, -0.05) is 25.5 Å².